The van der Waals surface area contributed by atoms with Crippen molar-refractivity contribution in [2.45, 2.75) is 32.4 Å². The van der Waals surface area contributed by atoms with Crippen molar-refractivity contribution >= 4 is 16.7 Å². The first-order valence-electron chi connectivity index (χ1n) is 10.4. The van der Waals surface area contributed by atoms with Crippen molar-refractivity contribution < 1.29 is 18.0 Å². The van der Waals surface area contributed by atoms with E-state index in [4.69, 9.17) is 0 Å². The van der Waals surface area contributed by atoms with Gasteiger partial charge in [-0.25, -0.2) is 0 Å². The highest BCUT2D eigenvalue weighted by Gasteiger charge is 2.30. The van der Waals surface area contributed by atoms with Gasteiger partial charge in [0.05, 0.1) is 11.1 Å². The van der Waals surface area contributed by atoms with Gasteiger partial charge < -0.3 is 4.90 Å². The molecule has 1 atom stereocenters. The molecule has 31 heavy (non-hydrogen) atoms. The van der Waals surface area contributed by atoms with E-state index in [0.717, 1.165) is 42.5 Å². The standard InChI is InChI=1S/C25H27F3N2O/c1-17(13-14-30(2)3)7-12-23(31)20-15-19-5-4-6-22(24(19)29-16-20)18-8-10-21(11-9-18)25(26,27)28/h4-6,8-11,15-17H,7,12-14H2,1-3H3/t17-/m0/s1. The molecular weight excluding hydrogens is 401 g/mol. The van der Waals surface area contributed by atoms with E-state index in [1.807, 2.05) is 38.4 Å². The zero-order valence-electron chi connectivity index (χ0n) is 18.0. The molecular formula is C25H27F3N2O. The molecule has 0 amide bonds. The lowest BCUT2D eigenvalue weighted by atomic mass is 9.96. The minimum atomic E-state index is -4.37. The van der Waals surface area contributed by atoms with Crippen LogP contribution in [0.5, 0.6) is 0 Å². The summed E-state index contributed by atoms with van der Waals surface area (Å²) in [6.45, 7) is 3.16. The predicted octanol–water partition coefficient (Wildman–Crippen LogP) is 6.47. The quantitative estimate of drug-likeness (QED) is 0.386. The lowest BCUT2D eigenvalue weighted by molar-refractivity contribution is -0.137. The number of fused-ring (bicyclic) bond motifs is 1. The van der Waals surface area contributed by atoms with E-state index in [9.17, 15) is 18.0 Å². The molecule has 0 aliphatic carbocycles. The van der Waals surface area contributed by atoms with Crippen molar-refractivity contribution in [3.63, 3.8) is 0 Å². The van der Waals surface area contributed by atoms with Crippen LogP contribution < -0.4 is 0 Å². The molecule has 0 saturated carbocycles. The maximum Gasteiger partial charge on any atom is 0.416 e. The summed E-state index contributed by atoms with van der Waals surface area (Å²) < 4.78 is 38.5. The van der Waals surface area contributed by atoms with Crippen molar-refractivity contribution in [3.05, 3.63) is 65.9 Å². The largest absolute Gasteiger partial charge is 0.416 e. The predicted molar refractivity (Wildman–Crippen MR) is 118 cm³/mol. The van der Waals surface area contributed by atoms with Crippen LogP contribution in [0, 0.1) is 5.92 Å². The van der Waals surface area contributed by atoms with Gasteiger partial charge in [-0.1, -0.05) is 37.3 Å². The number of rotatable bonds is 8. The van der Waals surface area contributed by atoms with E-state index in [2.05, 4.69) is 16.8 Å². The second kappa shape index (κ2) is 9.60. The van der Waals surface area contributed by atoms with Gasteiger partial charge in [-0.2, -0.15) is 13.2 Å². The SMILES string of the molecule is C[C@@H](CCC(=O)c1cnc2c(-c3ccc(C(F)(F)F)cc3)cccc2c1)CCN(C)C. The normalized spacial score (nSPS) is 13.0. The fraction of sp³-hybridized carbons (Fsp3) is 0.360. The van der Waals surface area contributed by atoms with Crippen LogP contribution in [0.15, 0.2) is 54.7 Å². The van der Waals surface area contributed by atoms with Crippen molar-refractivity contribution in [3.8, 4) is 11.1 Å². The average Bonchev–Trinajstić information content (AvgIpc) is 2.74. The van der Waals surface area contributed by atoms with Gasteiger partial charge in [0, 0.05) is 29.1 Å². The Hall–Kier alpha value is -2.73. The van der Waals surface area contributed by atoms with Gasteiger partial charge >= 0.3 is 6.18 Å². The monoisotopic (exact) mass is 428 g/mol. The van der Waals surface area contributed by atoms with Crippen molar-refractivity contribution in [1.29, 1.82) is 0 Å². The number of nitrogens with zero attached hydrogens (tertiary/aromatic N) is 2. The molecule has 164 valence electrons. The number of Topliss-reactive ketones (excluding diaryl/α,β-unsaturated/α-hetero) is 1. The molecule has 0 N–H and O–H groups in total. The molecule has 0 spiro atoms. The summed E-state index contributed by atoms with van der Waals surface area (Å²) in [7, 11) is 4.08. The maximum atomic E-state index is 12.8. The summed E-state index contributed by atoms with van der Waals surface area (Å²) in [5, 5.41) is 0.795. The first-order chi connectivity index (χ1) is 14.6. The molecule has 0 aliphatic heterocycles. The Balaban J connectivity index is 1.77. The smallest absolute Gasteiger partial charge is 0.309 e. The third kappa shape index (κ3) is 5.91. The molecule has 0 aliphatic rings. The van der Waals surface area contributed by atoms with Crippen LogP contribution >= 0.6 is 0 Å². The number of hydrogen-bond donors (Lipinski definition) is 0. The summed E-state index contributed by atoms with van der Waals surface area (Å²) >= 11 is 0. The Labute approximate surface area is 180 Å². The van der Waals surface area contributed by atoms with Gasteiger partial charge in [0.25, 0.3) is 0 Å². The van der Waals surface area contributed by atoms with E-state index in [0.29, 0.717) is 29.0 Å². The Morgan fingerprint density at radius 1 is 1.06 bits per heavy atom. The van der Waals surface area contributed by atoms with Gasteiger partial charge in [0.2, 0.25) is 0 Å². The van der Waals surface area contributed by atoms with Crippen LogP contribution in [0.3, 0.4) is 0 Å². The first-order valence-corrected chi connectivity index (χ1v) is 10.4. The number of aromatic nitrogens is 1. The Morgan fingerprint density at radius 2 is 1.77 bits per heavy atom. The molecule has 3 nitrogen and oxygen atoms in total. The number of pyridine rings is 1. The van der Waals surface area contributed by atoms with Gasteiger partial charge in [0.1, 0.15) is 0 Å². The topological polar surface area (TPSA) is 33.2 Å². The second-order valence-electron chi connectivity index (χ2n) is 8.34. The number of para-hydroxylation sites is 1. The van der Waals surface area contributed by atoms with Gasteiger partial charge in [-0.05, 0) is 63.2 Å². The molecule has 0 unspecified atom stereocenters. The zero-order chi connectivity index (χ0) is 22.6. The lowest BCUT2D eigenvalue weighted by Crippen LogP contribution is -2.16. The highest BCUT2D eigenvalue weighted by Crippen LogP contribution is 2.33. The van der Waals surface area contributed by atoms with Crippen molar-refractivity contribution in [2.24, 2.45) is 5.92 Å². The summed E-state index contributed by atoms with van der Waals surface area (Å²) in [6.07, 6.45) is -0.444. The molecule has 0 fully saturated rings. The van der Waals surface area contributed by atoms with E-state index >= 15 is 0 Å². The first kappa shape index (κ1) is 22.9. The molecule has 0 saturated heterocycles. The zero-order valence-corrected chi connectivity index (χ0v) is 18.0. The second-order valence-corrected chi connectivity index (χ2v) is 8.34. The van der Waals surface area contributed by atoms with Crippen LogP contribution in [0.2, 0.25) is 0 Å². The molecule has 0 radical (unpaired) electrons. The summed E-state index contributed by atoms with van der Waals surface area (Å²) in [5.41, 5.74) is 1.94. The highest BCUT2D eigenvalue weighted by molar-refractivity contribution is 6.01. The van der Waals surface area contributed by atoms with E-state index in [-0.39, 0.29) is 5.78 Å². The van der Waals surface area contributed by atoms with Gasteiger partial charge in [-0.15, -0.1) is 0 Å². The Kier molecular flexibility index (Phi) is 7.11. The van der Waals surface area contributed by atoms with E-state index < -0.39 is 11.7 Å². The molecule has 3 aromatic rings. The fourth-order valence-electron chi connectivity index (χ4n) is 3.53. The third-order valence-corrected chi connectivity index (χ3v) is 5.49. The summed E-state index contributed by atoms with van der Waals surface area (Å²) in [4.78, 5) is 19.3. The number of alkyl halides is 3. The van der Waals surface area contributed by atoms with E-state index in [1.54, 1.807) is 6.20 Å². The summed E-state index contributed by atoms with van der Waals surface area (Å²) in [6, 6.07) is 12.4. The van der Waals surface area contributed by atoms with Crippen molar-refractivity contribution in [1.82, 2.24) is 9.88 Å². The van der Waals surface area contributed by atoms with Crippen molar-refractivity contribution in [2.75, 3.05) is 20.6 Å². The van der Waals surface area contributed by atoms with Crippen LogP contribution in [0.4, 0.5) is 13.2 Å². The minimum Gasteiger partial charge on any atom is -0.309 e. The van der Waals surface area contributed by atoms with E-state index in [1.165, 1.54) is 12.1 Å². The Bertz CT molecular complexity index is 1040. The number of carbonyl (C=O) groups excluding carboxylic acids is 1. The number of benzene rings is 2. The minimum absolute atomic E-state index is 0.0611. The average molecular weight is 428 g/mol. The number of hydrogen-bond acceptors (Lipinski definition) is 3. The van der Waals surface area contributed by atoms with Gasteiger partial charge in [-0.3, -0.25) is 9.78 Å². The number of halogens is 3. The third-order valence-electron chi connectivity index (χ3n) is 5.49. The highest BCUT2D eigenvalue weighted by atomic mass is 19.4. The molecule has 6 heteroatoms. The number of carbonyl (C=O) groups is 1. The molecule has 0 bridgehead atoms. The van der Waals surface area contributed by atoms with Crippen LogP contribution in [-0.2, 0) is 6.18 Å². The van der Waals surface area contributed by atoms with Gasteiger partial charge in [0.15, 0.2) is 5.78 Å². The number of ketones is 1. The molecule has 1 aromatic heterocycles. The molecule has 2 aromatic carbocycles. The molecule has 3 rings (SSSR count). The fourth-order valence-corrected chi connectivity index (χ4v) is 3.53. The summed E-state index contributed by atoms with van der Waals surface area (Å²) in [5.74, 6) is 0.525. The lowest BCUT2D eigenvalue weighted by Gasteiger charge is -2.14. The molecule has 1 heterocycles. The van der Waals surface area contributed by atoms with Crippen LogP contribution in [-0.4, -0.2) is 36.3 Å². The van der Waals surface area contributed by atoms with Crippen LogP contribution in [0.1, 0.15) is 42.1 Å². The van der Waals surface area contributed by atoms with Crippen LogP contribution in [0.25, 0.3) is 22.0 Å². The maximum absolute atomic E-state index is 12.8. The Morgan fingerprint density at radius 3 is 2.42 bits per heavy atom.